The largest absolute Gasteiger partial charge is 0.394 e. The minimum Gasteiger partial charge on any atom is -0.394 e. The molecular formula is C12H19BrN4O2. The summed E-state index contributed by atoms with van der Waals surface area (Å²) in [6.45, 7) is 0.0998. The summed E-state index contributed by atoms with van der Waals surface area (Å²) in [6, 6.07) is 0.642. The lowest BCUT2D eigenvalue weighted by Gasteiger charge is -2.27. The third-order valence-corrected chi connectivity index (χ3v) is 4.19. The van der Waals surface area contributed by atoms with Gasteiger partial charge in [0.2, 0.25) is 0 Å². The minimum absolute atomic E-state index is 0.105. The van der Waals surface area contributed by atoms with Gasteiger partial charge in [0.15, 0.2) is 0 Å². The molecule has 1 aliphatic rings. The van der Waals surface area contributed by atoms with Crippen LogP contribution >= 0.6 is 15.9 Å². The van der Waals surface area contributed by atoms with Gasteiger partial charge in [0.05, 0.1) is 25.0 Å². The summed E-state index contributed by atoms with van der Waals surface area (Å²) in [5.74, 6) is 0. The molecule has 19 heavy (non-hydrogen) atoms. The Bertz CT molecular complexity index is 483. The molecule has 1 saturated carbocycles. The Labute approximate surface area is 120 Å². The summed E-state index contributed by atoms with van der Waals surface area (Å²) < 4.78 is 1.71. The van der Waals surface area contributed by atoms with E-state index in [9.17, 15) is 4.79 Å². The van der Waals surface area contributed by atoms with Crippen molar-refractivity contribution in [2.45, 2.75) is 44.3 Å². The van der Waals surface area contributed by atoms with Crippen molar-refractivity contribution in [3.05, 3.63) is 21.0 Å². The molecule has 0 aliphatic heterocycles. The van der Waals surface area contributed by atoms with Gasteiger partial charge >= 0.3 is 0 Å². The van der Waals surface area contributed by atoms with Gasteiger partial charge in [-0.25, -0.2) is 4.68 Å². The number of rotatable bonds is 4. The van der Waals surface area contributed by atoms with Crippen LogP contribution < -0.4 is 16.6 Å². The predicted octanol–water partition coefficient (Wildman–Crippen LogP) is 0.680. The molecule has 0 radical (unpaired) electrons. The molecule has 1 aliphatic carbocycles. The van der Waals surface area contributed by atoms with Crippen molar-refractivity contribution in [1.29, 1.82) is 0 Å². The number of aromatic nitrogens is 2. The van der Waals surface area contributed by atoms with Crippen LogP contribution in [-0.4, -0.2) is 33.6 Å². The van der Waals surface area contributed by atoms with Gasteiger partial charge in [-0.2, -0.15) is 5.10 Å². The van der Waals surface area contributed by atoms with Crippen molar-refractivity contribution in [3.8, 4) is 0 Å². The fraction of sp³-hybridized carbons (Fsp3) is 0.667. The fourth-order valence-corrected chi connectivity index (χ4v) is 2.72. The van der Waals surface area contributed by atoms with Gasteiger partial charge in [-0.3, -0.25) is 4.79 Å². The van der Waals surface area contributed by atoms with Crippen molar-refractivity contribution >= 4 is 21.6 Å². The van der Waals surface area contributed by atoms with Crippen molar-refractivity contribution in [2.24, 2.45) is 5.73 Å². The smallest absolute Gasteiger partial charge is 0.283 e. The lowest BCUT2D eigenvalue weighted by Crippen LogP contribution is -2.34. The first-order valence-corrected chi connectivity index (χ1v) is 7.29. The van der Waals surface area contributed by atoms with E-state index in [0.29, 0.717) is 22.2 Å². The lowest BCUT2D eigenvalue weighted by atomic mass is 9.92. The van der Waals surface area contributed by atoms with Crippen molar-refractivity contribution in [2.75, 3.05) is 11.9 Å². The summed E-state index contributed by atoms with van der Waals surface area (Å²) in [5.41, 5.74) is 6.35. The first-order valence-electron chi connectivity index (χ1n) is 6.50. The maximum atomic E-state index is 12.0. The standard InChI is InChI=1S/C12H19BrN4O2/c13-11-10(7-15-17(5-6-18)12(11)19)16-9-3-1-8(14)2-4-9/h7-9,16,18H,1-6,14H2. The number of hydrogen-bond acceptors (Lipinski definition) is 5. The molecule has 6 nitrogen and oxygen atoms in total. The van der Waals surface area contributed by atoms with Crippen molar-refractivity contribution in [3.63, 3.8) is 0 Å². The molecule has 1 heterocycles. The molecule has 0 saturated heterocycles. The van der Waals surface area contributed by atoms with Gasteiger partial charge < -0.3 is 16.2 Å². The molecule has 0 aromatic carbocycles. The monoisotopic (exact) mass is 330 g/mol. The Morgan fingerprint density at radius 3 is 2.79 bits per heavy atom. The average Bonchev–Trinajstić information content (AvgIpc) is 2.41. The first-order chi connectivity index (χ1) is 9.11. The Hall–Kier alpha value is -0.920. The van der Waals surface area contributed by atoms with Crippen LogP contribution in [0.2, 0.25) is 0 Å². The SMILES string of the molecule is NC1CCC(Nc2cnn(CCO)c(=O)c2Br)CC1. The Morgan fingerprint density at radius 1 is 1.47 bits per heavy atom. The van der Waals surface area contributed by atoms with Crippen LogP contribution in [0.4, 0.5) is 5.69 Å². The van der Waals surface area contributed by atoms with Gasteiger partial charge in [-0.05, 0) is 41.6 Å². The Kier molecular flexibility index (Phi) is 4.95. The number of aliphatic hydroxyl groups excluding tert-OH is 1. The molecule has 1 aromatic heterocycles. The number of halogens is 1. The van der Waals surface area contributed by atoms with Gasteiger partial charge in [0.1, 0.15) is 4.47 Å². The van der Waals surface area contributed by atoms with Crippen LogP contribution in [0.15, 0.2) is 15.5 Å². The van der Waals surface area contributed by atoms with E-state index in [4.69, 9.17) is 10.8 Å². The predicted molar refractivity (Wildman–Crippen MR) is 77.1 cm³/mol. The second-order valence-corrected chi connectivity index (χ2v) is 5.67. The molecule has 0 bridgehead atoms. The number of anilines is 1. The zero-order chi connectivity index (χ0) is 13.8. The van der Waals surface area contributed by atoms with Gasteiger partial charge in [-0.1, -0.05) is 0 Å². The second-order valence-electron chi connectivity index (χ2n) is 4.88. The lowest BCUT2D eigenvalue weighted by molar-refractivity contribution is 0.266. The maximum Gasteiger partial charge on any atom is 0.283 e. The van der Waals surface area contributed by atoms with Gasteiger partial charge in [-0.15, -0.1) is 0 Å². The van der Waals surface area contributed by atoms with E-state index in [1.807, 2.05) is 0 Å². The van der Waals surface area contributed by atoms with Crippen LogP contribution in [0.3, 0.4) is 0 Å². The van der Waals surface area contributed by atoms with Crippen LogP contribution in [0.5, 0.6) is 0 Å². The molecule has 0 spiro atoms. The van der Waals surface area contributed by atoms with Crippen molar-refractivity contribution in [1.82, 2.24) is 9.78 Å². The summed E-state index contributed by atoms with van der Waals surface area (Å²) in [7, 11) is 0. The molecule has 106 valence electrons. The van der Waals surface area contributed by atoms with Crippen LogP contribution in [0, 0.1) is 0 Å². The topological polar surface area (TPSA) is 93.2 Å². The van der Waals surface area contributed by atoms with E-state index in [2.05, 4.69) is 26.3 Å². The number of nitrogens with two attached hydrogens (primary N) is 1. The molecule has 0 amide bonds. The van der Waals surface area contributed by atoms with Crippen LogP contribution in [0.1, 0.15) is 25.7 Å². The minimum atomic E-state index is -0.230. The highest BCUT2D eigenvalue weighted by molar-refractivity contribution is 9.10. The highest BCUT2D eigenvalue weighted by Crippen LogP contribution is 2.23. The van der Waals surface area contributed by atoms with E-state index < -0.39 is 0 Å². The highest BCUT2D eigenvalue weighted by atomic mass is 79.9. The average molecular weight is 331 g/mol. The number of hydrogen-bond donors (Lipinski definition) is 3. The molecule has 7 heteroatoms. The molecule has 0 unspecified atom stereocenters. The molecular weight excluding hydrogens is 312 g/mol. The van der Waals surface area contributed by atoms with Gasteiger partial charge in [0, 0.05) is 12.1 Å². The Morgan fingerprint density at radius 2 is 2.16 bits per heavy atom. The number of nitrogens with zero attached hydrogens (tertiary/aromatic N) is 2. The quantitative estimate of drug-likeness (QED) is 0.754. The van der Waals surface area contributed by atoms with E-state index in [1.165, 1.54) is 4.68 Å². The molecule has 1 fully saturated rings. The Balaban J connectivity index is 2.09. The number of nitrogens with one attached hydrogen (secondary N) is 1. The fourth-order valence-electron chi connectivity index (χ4n) is 2.30. The third kappa shape index (κ3) is 3.55. The van der Waals surface area contributed by atoms with E-state index >= 15 is 0 Å². The van der Waals surface area contributed by atoms with E-state index in [0.717, 1.165) is 25.7 Å². The normalized spacial score (nSPS) is 23.3. The first kappa shape index (κ1) is 14.5. The summed E-state index contributed by atoms with van der Waals surface area (Å²) in [5, 5.41) is 16.2. The van der Waals surface area contributed by atoms with E-state index in [1.54, 1.807) is 6.20 Å². The van der Waals surface area contributed by atoms with Crippen LogP contribution in [0.25, 0.3) is 0 Å². The van der Waals surface area contributed by atoms with Gasteiger partial charge in [0.25, 0.3) is 5.56 Å². The third-order valence-electron chi connectivity index (χ3n) is 3.43. The molecule has 0 atom stereocenters. The second kappa shape index (κ2) is 6.49. The zero-order valence-corrected chi connectivity index (χ0v) is 12.3. The summed E-state index contributed by atoms with van der Waals surface area (Å²) >= 11 is 3.30. The summed E-state index contributed by atoms with van der Waals surface area (Å²) in [6.07, 6.45) is 5.64. The number of aliphatic hydroxyl groups is 1. The van der Waals surface area contributed by atoms with Crippen LogP contribution in [-0.2, 0) is 6.54 Å². The summed E-state index contributed by atoms with van der Waals surface area (Å²) in [4.78, 5) is 12.0. The maximum absolute atomic E-state index is 12.0. The van der Waals surface area contributed by atoms with E-state index in [-0.39, 0.29) is 18.7 Å². The highest BCUT2D eigenvalue weighted by Gasteiger charge is 2.19. The molecule has 4 N–H and O–H groups in total. The zero-order valence-electron chi connectivity index (χ0n) is 10.7. The molecule has 1 aromatic rings. The van der Waals surface area contributed by atoms with Crippen molar-refractivity contribution < 1.29 is 5.11 Å². The molecule has 2 rings (SSSR count).